The van der Waals surface area contributed by atoms with Crippen LogP contribution in [-0.4, -0.2) is 16.9 Å². The van der Waals surface area contributed by atoms with E-state index in [2.05, 4.69) is 5.32 Å². The number of hydrogen-bond acceptors (Lipinski definition) is 2. The molecule has 4 aliphatic rings. The number of nitrogens with one attached hydrogen (secondary N) is 1. The first-order valence-corrected chi connectivity index (χ1v) is 4.74. The van der Waals surface area contributed by atoms with Gasteiger partial charge in [-0.1, -0.05) is 0 Å². The van der Waals surface area contributed by atoms with Crippen LogP contribution in [0.3, 0.4) is 0 Å². The van der Waals surface area contributed by atoms with E-state index in [0.29, 0.717) is 6.04 Å². The van der Waals surface area contributed by atoms with Crippen LogP contribution >= 0.6 is 0 Å². The van der Waals surface area contributed by atoms with E-state index in [-0.39, 0.29) is 0 Å². The zero-order chi connectivity index (χ0) is 7.47. The van der Waals surface area contributed by atoms with E-state index in [4.69, 9.17) is 0 Å². The Hall–Kier alpha value is -0.0800. The fourth-order valence-electron chi connectivity index (χ4n) is 3.55. The van der Waals surface area contributed by atoms with Crippen molar-refractivity contribution in [2.24, 2.45) is 11.8 Å². The van der Waals surface area contributed by atoms with Gasteiger partial charge >= 0.3 is 0 Å². The van der Waals surface area contributed by atoms with E-state index in [1.165, 1.54) is 19.3 Å². The Labute approximate surface area is 67.0 Å². The first-order chi connectivity index (χ1) is 5.23. The highest BCUT2D eigenvalue weighted by Gasteiger charge is 2.49. The second-order valence-corrected chi connectivity index (χ2v) is 4.72. The predicted molar refractivity (Wildman–Crippen MR) is 41.9 cm³/mol. The monoisotopic (exact) mass is 153 g/mol. The zero-order valence-electron chi connectivity index (χ0n) is 6.71. The van der Waals surface area contributed by atoms with E-state index in [0.717, 1.165) is 24.7 Å². The lowest BCUT2D eigenvalue weighted by Gasteiger charge is -2.54. The Kier molecular flexibility index (Phi) is 1.06. The first kappa shape index (κ1) is 6.44. The van der Waals surface area contributed by atoms with Crippen molar-refractivity contribution in [3.63, 3.8) is 0 Å². The van der Waals surface area contributed by atoms with Crippen molar-refractivity contribution in [2.75, 3.05) is 0 Å². The van der Waals surface area contributed by atoms with Crippen molar-refractivity contribution < 1.29 is 5.11 Å². The van der Waals surface area contributed by atoms with Crippen LogP contribution in [0.25, 0.3) is 0 Å². The molecule has 0 aromatic carbocycles. The Morgan fingerprint density at radius 1 is 1.09 bits per heavy atom. The summed E-state index contributed by atoms with van der Waals surface area (Å²) in [6.07, 6.45) is 6.05. The first-order valence-electron chi connectivity index (χ1n) is 4.74. The number of aliphatic hydroxyl groups is 1. The van der Waals surface area contributed by atoms with Gasteiger partial charge in [-0.3, -0.25) is 5.32 Å². The normalized spacial score (nSPS) is 60.3. The molecule has 0 spiro atoms. The lowest BCUT2D eigenvalue weighted by Crippen LogP contribution is -2.64. The summed E-state index contributed by atoms with van der Waals surface area (Å²) in [4.78, 5) is 0. The molecule has 2 unspecified atom stereocenters. The summed E-state index contributed by atoms with van der Waals surface area (Å²) >= 11 is 0. The minimum absolute atomic E-state index is 0.450. The van der Waals surface area contributed by atoms with Gasteiger partial charge in [-0.15, -0.1) is 0 Å². The maximum Gasteiger partial charge on any atom is 0.116 e. The highest BCUT2D eigenvalue weighted by atomic mass is 16.3. The molecule has 2 nitrogen and oxygen atoms in total. The molecule has 4 rings (SSSR count). The lowest BCUT2D eigenvalue weighted by molar-refractivity contribution is -0.133. The van der Waals surface area contributed by atoms with Crippen molar-refractivity contribution >= 4 is 0 Å². The van der Waals surface area contributed by atoms with Gasteiger partial charge in [-0.2, -0.15) is 0 Å². The van der Waals surface area contributed by atoms with Crippen LogP contribution in [0.1, 0.15) is 32.1 Å². The largest absolute Gasteiger partial charge is 0.376 e. The van der Waals surface area contributed by atoms with Crippen LogP contribution in [0.4, 0.5) is 0 Å². The van der Waals surface area contributed by atoms with Crippen molar-refractivity contribution in [1.29, 1.82) is 0 Å². The highest BCUT2D eigenvalue weighted by molar-refractivity contribution is 5.02. The smallest absolute Gasteiger partial charge is 0.116 e. The molecule has 2 saturated heterocycles. The molecule has 4 fully saturated rings. The summed E-state index contributed by atoms with van der Waals surface area (Å²) in [6.45, 7) is 0. The summed E-state index contributed by atoms with van der Waals surface area (Å²) < 4.78 is 0. The summed E-state index contributed by atoms with van der Waals surface area (Å²) in [6, 6.07) is 0.645. The maximum absolute atomic E-state index is 9.99. The third kappa shape index (κ3) is 0.859. The van der Waals surface area contributed by atoms with Gasteiger partial charge in [0, 0.05) is 6.04 Å². The van der Waals surface area contributed by atoms with Crippen LogP contribution in [-0.2, 0) is 0 Å². The molecule has 2 atom stereocenters. The van der Waals surface area contributed by atoms with Crippen LogP contribution < -0.4 is 5.32 Å². The molecule has 0 radical (unpaired) electrons. The van der Waals surface area contributed by atoms with E-state index in [1.807, 2.05) is 0 Å². The Morgan fingerprint density at radius 2 is 1.73 bits per heavy atom. The van der Waals surface area contributed by atoms with Gasteiger partial charge < -0.3 is 5.11 Å². The summed E-state index contributed by atoms with van der Waals surface area (Å²) in [7, 11) is 0. The predicted octanol–water partition coefficient (Wildman–Crippen LogP) is 0.857. The SMILES string of the molecule is OC12CC3CC(CC(C3)N1)C2. The van der Waals surface area contributed by atoms with Gasteiger partial charge in [0.1, 0.15) is 5.72 Å². The molecule has 11 heavy (non-hydrogen) atoms. The third-order valence-corrected chi connectivity index (χ3v) is 3.63. The van der Waals surface area contributed by atoms with Crippen LogP contribution in [0.5, 0.6) is 0 Å². The van der Waals surface area contributed by atoms with Crippen molar-refractivity contribution in [2.45, 2.75) is 43.9 Å². The molecule has 62 valence electrons. The summed E-state index contributed by atoms with van der Waals surface area (Å²) in [5, 5.41) is 13.3. The van der Waals surface area contributed by atoms with Crippen LogP contribution in [0.2, 0.25) is 0 Å². The van der Waals surface area contributed by atoms with Gasteiger partial charge in [-0.05, 0) is 43.9 Å². The van der Waals surface area contributed by atoms with E-state index in [9.17, 15) is 5.11 Å². The summed E-state index contributed by atoms with van der Waals surface area (Å²) in [5.41, 5.74) is -0.450. The average Bonchev–Trinajstić information content (AvgIpc) is 1.79. The van der Waals surface area contributed by atoms with Crippen molar-refractivity contribution in [3.8, 4) is 0 Å². The highest BCUT2D eigenvalue weighted by Crippen LogP contribution is 2.48. The fraction of sp³-hybridized carbons (Fsp3) is 1.00. The topological polar surface area (TPSA) is 32.3 Å². The minimum Gasteiger partial charge on any atom is -0.376 e. The molecule has 2 aliphatic heterocycles. The van der Waals surface area contributed by atoms with Gasteiger partial charge in [0.05, 0.1) is 0 Å². The number of piperidine rings is 2. The molecule has 2 saturated carbocycles. The second kappa shape index (κ2) is 1.80. The van der Waals surface area contributed by atoms with Gasteiger partial charge in [0.2, 0.25) is 0 Å². The van der Waals surface area contributed by atoms with E-state index >= 15 is 0 Å². The van der Waals surface area contributed by atoms with Crippen LogP contribution in [0.15, 0.2) is 0 Å². The Balaban J connectivity index is 1.94. The Bertz CT molecular complexity index is 155. The average molecular weight is 153 g/mol. The van der Waals surface area contributed by atoms with Crippen molar-refractivity contribution in [3.05, 3.63) is 0 Å². The number of rotatable bonds is 0. The van der Waals surface area contributed by atoms with Gasteiger partial charge in [0.15, 0.2) is 0 Å². The molecule has 2 heteroatoms. The molecule has 2 aliphatic carbocycles. The van der Waals surface area contributed by atoms with E-state index < -0.39 is 5.72 Å². The fourth-order valence-corrected chi connectivity index (χ4v) is 3.55. The van der Waals surface area contributed by atoms with Crippen LogP contribution in [0, 0.1) is 11.8 Å². The van der Waals surface area contributed by atoms with Gasteiger partial charge in [-0.25, -0.2) is 0 Å². The standard InChI is InChI=1S/C9H15NO/c11-9-4-6-1-7(5-9)3-8(2-6)10-9/h6-8,10-11H,1-5H2. The maximum atomic E-state index is 9.99. The molecule has 0 amide bonds. The molecule has 0 aromatic heterocycles. The zero-order valence-corrected chi connectivity index (χ0v) is 6.71. The lowest BCUT2D eigenvalue weighted by atomic mass is 9.63. The molecule has 4 bridgehead atoms. The molecule has 0 aromatic rings. The Morgan fingerprint density at radius 3 is 2.18 bits per heavy atom. The third-order valence-electron chi connectivity index (χ3n) is 3.63. The molecule has 2 N–H and O–H groups in total. The molecular weight excluding hydrogens is 138 g/mol. The van der Waals surface area contributed by atoms with Crippen molar-refractivity contribution in [1.82, 2.24) is 5.32 Å². The summed E-state index contributed by atoms with van der Waals surface area (Å²) in [5.74, 6) is 1.66. The van der Waals surface area contributed by atoms with E-state index in [1.54, 1.807) is 0 Å². The minimum atomic E-state index is -0.450. The second-order valence-electron chi connectivity index (χ2n) is 4.72. The number of hydrogen-bond donors (Lipinski definition) is 2. The molecular formula is C9H15NO. The molecule has 2 heterocycles. The van der Waals surface area contributed by atoms with Gasteiger partial charge in [0.25, 0.3) is 0 Å². The quantitative estimate of drug-likeness (QED) is 0.541.